The van der Waals surface area contributed by atoms with E-state index in [1.165, 1.54) is 0 Å². The van der Waals surface area contributed by atoms with E-state index in [-0.39, 0.29) is 16.7 Å². The van der Waals surface area contributed by atoms with E-state index < -0.39 is 22.7 Å². The number of ketones is 1. The Morgan fingerprint density at radius 1 is 1.20 bits per heavy atom. The van der Waals surface area contributed by atoms with Crippen molar-refractivity contribution in [2.24, 2.45) is 0 Å². The Balaban J connectivity index is 1.75. The van der Waals surface area contributed by atoms with E-state index in [1.807, 2.05) is 0 Å². The molecule has 4 nitrogen and oxygen atoms in total. The van der Waals surface area contributed by atoms with Crippen LogP contribution in [0.2, 0.25) is 5.02 Å². The van der Waals surface area contributed by atoms with Crippen molar-refractivity contribution in [2.75, 3.05) is 0 Å². The summed E-state index contributed by atoms with van der Waals surface area (Å²) in [5, 5.41) is 7.79. The normalized spacial score (nSPS) is 12.2. The van der Waals surface area contributed by atoms with Gasteiger partial charge < -0.3 is 4.42 Å². The average molecular weight is 381 g/mol. The van der Waals surface area contributed by atoms with Crippen LogP contribution in [0.3, 0.4) is 0 Å². The third-order valence-corrected chi connectivity index (χ3v) is 4.49. The van der Waals surface area contributed by atoms with Crippen LogP contribution in [-0.2, 0) is 0 Å². The Morgan fingerprint density at radius 3 is 2.72 bits per heavy atom. The minimum absolute atomic E-state index is 0.165. The molecular weight excluding hydrogens is 370 g/mol. The van der Waals surface area contributed by atoms with Crippen LogP contribution in [0.1, 0.15) is 17.3 Å². The number of hydrogen-bond acceptors (Lipinski definition) is 5. The second-order valence-electron chi connectivity index (χ2n) is 5.13. The van der Waals surface area contributed by atoms with Crippen molar-refractivity contribution in [3.63, 3.8) is 0 Å². The fraction of sp³-hybridized carbons (Fsp3) is 0.118. The minimum atomic E-state index is -0.900. The van der Waals surface area contributed by atoms with E-state index in [0.29, 0.717) is 16.7 Å². The molecule has 0 bridgehead atoms. The van der Waals surface area contributed by atoms with Gasteiger partial charge in [-0.25, -0.2) is 8.78 Å². The number of carbonyl (C=O) groups excluding carboxylic acids is 1. The zero-order valence-corrected chi connectivity index (χ0v) is 14.4. The van der Waals surface area contributed by atoms with E-state index in [4.69, 9.17) is 16.0 Å². The Hall–Kier alpha value is -2.25. The first-order valence-corrected chi connectivity index (χ1v) is 8.45. The number of Topliss-reactive ketones (excluding diaryl/α,β-unsaturated/α-hetero) is 1. The SMILES string of the molecule is CC(Sc1nnc(-c2cccc(Cl)c2)o1)C(=O)c1ccc(F)cc1F. The predicted octanol–water partition coefficient (Wildman–Crippen LogP) is 5.03. The highest BCUT2D eigenvalue weighted by atomic mass is 35.5. The lowest BCUT2D eigenvalue weighted by atomic mass is 10.1. The number of hydrogen-bond donors (Lipinski definition) is 0. The van der Waals surface area contributed by atoms with Crippen LogP contribution in [0.15, 0.2) is 52.1 Å². The number of halogens is 3. The molecule has 0 amide bonds. The van der Waals surface area contributed by atoms with Crippen LogP contribution in [-0.4, -0.2) is 21.2 Å². The van der Waals surface area contributed by atoms with Crippen molar-refractivity contribution in [2.45, 2.75) is 17.4 Å². The van der Waals surface area contributed by atoms with Crippen LogP contribution in [0.4, 0.5) is 8.78 Å². The van der Waals surface area contributed by atoms with Crippen molar-refractivity contribution in [3.05, 3.63) is 64.7 Å². The van der Waals surface area contributed by atoms with Gasteiger partial charge in [0.1, 0.15) is 11.6 Å². The van der Waals surface area contributed by atoms with E-state index in [1.54, 1.807) is 31.2 Å². The van der Waals surface area contributed by atoms with Crippen molar-refractivity contribution in [1.29, 1.82) is 0 Å². The summed E-state index contributed by atoms with van der Waals surface area (Å²) >= 11 is 6.92. The molecule has 128 valence electrons. The molecule has 1 atom stereocenters. The summed E-state index contributed by atoms with van der Waals surface area (Å²) in [6.07, 6.45) is 0. The third kappa shape index (κ3) is 4.05. The first-order valence-electron chi connectivity index (χ1n) is 7.19. The van der Waals surface area contributed by atoms with Crippen LogP contribution in [0, 0.1) is 11.6 Å². The predicted molar refractivity (Wildman–Crippen MR) is 90.8 cm³/mol. The second kappa shape index (κ2) is 7.33. The summed E-state index contributed by atoms with van der Waals surface area (Å²) in [7, 11) is 0. The monoisotopic (exact) mass is 380 g/mol. The fourth-order valence-corrected chi connectivity index (χ4v) is 3.05. The summed E-state index contributed by atoms with van der Waals surface area (Å²) < 4.78 is 32.2. The standard InChI is InChI=1S/C17H11ClF2N2O2S/c1-9(15(23)13-6-5-12(19)8-14(13)20)25-17-22-21-16(24-17)10-3-2-4-11(18)7-10/h2-9H,1H3. The minimum Gasteiger partial charge on any atom is -0.411 e. The average Bonchev–Trinajstić information content (AvgIpc) is 3.03. The van der Waals surface area contributed by atoms with Crippen molar-refractivity contribution < 1.29 is 18.0 Å². The molecule has 3 rings (SSSR count). The Morgan fingerprint density at radius 2 is 2.00 bits per heavy atom. The molecule has 1 unspecified atom stereocenters. The van der Waals surface area contributed by atoms with E-state index in [9.17, 15) is 13.6 Å². The van der Waals surface area contributed by atoms with E-state index in [0.717, 1.165) is 23.9 Å². The molecule has 8 heteroatoms. The molecule has 3 aromatic rings. The molecule has 0 spiro atoms. The van der Waals surface area contributed by atoms with Gasteiger partial charge in [-0.05, 0) is 37.3 Å². The number of nitrogens with zero attached hydrogens (tertiary/aromatic N) is 2. The maximum atomic E-state index is 13.7. The van der Waals surface area contributed by atoms with Gasteiger partial charge >= 0.3 is 0 Å². The van der Waals surface area contributed by atoms with E-state index in [2.05, 4.69) is 10.2 Å². The number of carbonyl (C=O) groups is 1. The molecule has 0 aliphatic carbocycles. The quantitative estimate of drug-likeness (QED) is 0.459. The van der Waals surface area contributed by atoms with Gasteiger partial charge in [-0.1, -0.05) is 29.4 Å². The molecule has 0 saturated heterocycles. The molecule has 2 aromatic carbocycles. The second-order valence-corrected chi connectivity index (χ2v) is 6.86. The van der Waals surface area contributed by atoms with Crippen molar-refractivity contribution in [3.8, 4) is 11.5 Å². The number of aromatic nitrogens is 2. The molecule has 0 aliphatic heterocycles. The van der Waals surface area contributed by atoms with Gasteiger partial charge in [-0.15, -0.1) is 10.2 Å². The zero-order valence-electron chi connectivity index (χ0n) is 12.9. The first-order chi connectivity index (χ1) is 11.9. The number of thioether (sulfide) groups is 1. The molecule has 0 fully saturated rings. The first kappa shape index (κ1) is 17.6. The highest BCUT2D eigenvalue weighted by Crippen LogP contribution is 2.29. The zero-order chi connectivity index (χ0) is 18.0. The van der Waals surface area contributed by atoms with Gasteiger partial charge in [0.15, 0.2) is 5.78 Å². The molecule has 0 saturated carbocycles. The largest absolute Gasteiger partial charge is 0.411 e. The van der Waals surface area contributed by atoms with Crippen LogP contribution in [0.25, 0.3) is 11.5 Å². The Kier molecular flexibility index (Phi) is 5.15. The van der Waals surface area contributed by atoms with Gasteiger partial charge in [-0.3, -0.25) is 4.79 Å². The van der Waals surface area contributed by atoms with Gasteiger partial charge in [0.05, 0.1) is 10.8 Å². The summed E-state index contributed by atoms with van der Waals surface area (Å²) in [6, 6.07) is 9.73. The Labute approximate surface area is 151 Å². The molecule has 1 aromatic heterocycles. The smallest absolute Gasteiger partial charge is 0.277 e. The summed E-state index contributed by atoms with van der Waals surface area (Å²) in [5.74, 6) is -1.87. The van der Waals surface area contributed by atoms with Crippen LogP contribution in [0.5, 0.6) is 0 Å². The third-order valence-electron chi connectivity index (χ3n) is 3.32. The number of benzene rings is 2. The van der Waals surface area contributed by atoms with Crippen molar-refractivity contribution in [1.82, 2.24) is 10.2 Å². The summed E-state index contributed by atoms with van der Waals surface area (Å²) in [6.45, 7) is 1.58. The van der Waals surface area contributed by atoms with Crippen LogP contribution >= 0.6 is 23.4 Å². The molecule has 1 heterocycles. The molecule has 25 heavy (non-hydrogen) atoms. The topological polar surface area (TPSA) is 56.0 Å². The molecular formula is C17H11ClF2N2O2S. The highest BCUT2D eigenvalue weighted by molar-refractivity contribution is 8.00. The van der Waals surface area contributed by atoms with Gasteiger partial charge in [0.25, 0.3) is 5.22 Å². The lowest BCUT2D eigenvalue weighted by Gasteiger charge is -2.08. The van der Waals surface area contributed by atoms with Crippen molar-refractivity contribution >= 4 is 29.1 Å². The van der Waals surface area contributed by atoms with Gasteiger partial charge in [0, 0.05) is 16.7 Å². The summed E-state index contributed by atoms with van der Waals surface area (Å²) in [5.41, 5.74) is 0.464. The maximum Gasteiger partial charge on any atom is 0.277 e. The fourth-order valence-electron chi connectivity index (χ4n) is 2.11. The maximum absolute atomic E-state index is 13.7. The van der Waals surface area contributed by atoms with E-state index >= 15 is 0 Å². The molecule has 0 aliphatic rings. The summed E-state index contributed by atoms with van der Waals surface area (Å²) in [4.78, 5) is 12.3. The van der Waals surface area contributed by atoms with Gasteiger partial charge in [0.2, 0.25) is 5.89 Å². The molecule has 0 N–H and O–H groups in total. The lowest BCUT2D eigenvalue weighted by molar-refractivity contribution is 0.0989. The number of rotatable bonds is 5. The van der Waals surface area contributed by atoms with Gasteiger partial charge in [-0.2, -0.15) is 0 Å². The molecule has 0 radical (unpaired) electrons. The highest BCUT2D eigenvalue weighted by Gasteiger charge is 2.22. The lowest BCUT2D eigenvalue weighted by Crippen LogP contribution is -2.15. The van der Waals surface area contributed by atoms with Crippen LogP contribution < -0.4 is 0 Å². The Bertz CT molecular complexity index is 933.